The molecule has 0 unspecified atom stereocenters. The second-order valence-electron chi connectivity index (χ2n) is 4.28. The van der Waals surface area contributed by atoms with E-state index in [4.69, 9.17) is 16.3 Å². The van der Waals surface area contributed by atoms with E-state index in [9.17, 15) is 13.6 Å². The molecule has 0 radical (unpaired) electrons. The van der Waals surface area contributed by atoms with Crippen molar-refractivity contribution < 1.29 is 18.3 Å². The van der Waals surface area contributed by atoms with Gasteiger partial charge in [0.1, 0.15) is 5.75 Å². The molecule has 2 nitrogen and oxygen atoms in total. The second kappa shape index (κ2) is 5.59. The zero-order valence-corrected chi connectivity index (χ0v) is 11.6. The number of ketones is 1. The number of rotatable bonds is 3. The lowest BCUT2D eigenvalue weighted by Gasteiger charge is -2.10. The summed E-state index contributed by atoms with van der Waals surface area (Å²) in [7, 11) is 1.42. The largest absolute Gasteiger partial charge is 0.496 e. The van der Waals surface area contributed by atoms with Crippen LogP contribution >= 0.6 is 11.6 Å². The molecule has 0 aliphatic carbocycles. The summed E-state index contributed by atoms with van der Waals surface area (Å²) in [6.45, 7) is 1.81. The number of aryl methyl sites for hydroxylation is 1. The van der Waals surface area contributed by atoms with Crippen LogP contribution in [0.15, 0.2) is 30.3 Å². The highest BCUT2D eigenvalue weighted by molar-refractivity contribution is 6.35. The minimum atomic E-state index is -1.12. The Kier molecular flexibility index (Phi) is 4.04. The van der Waals surface area contributed by atoms with Gasteiger partial charge < -0.3 is 4.74 Å². The Labute approximate surface area is 119 Å². The van der Waals surface area contributed by atoms with E-state index >= 15 is 0 Å². The third-order valence-electron chi connectivity index (χ3n) is 2.85. The van der Waals surface area contributed by atoms with E-state index < -0.39 is 17.4 Å². The quantitative estimate of drug-likeness (QED) is 0.628. The van der Waals surface area contributed by atoms with Gasteiger partial charge in [-0.05, 0) is 31.2 Å². The van der Waals surface area contributed by atoms with Gasteiger partial charge in [-0.3, -0.25) is 4.79 Å². The van der Waals surface area contributed by atoms with E-state index in [1.807, 2.05) is 6.92 Å². The van der Waals surface area contributed by atoms with Crippen molar-refractivity contribution in [1.82, 2.24) is 0 Å². The van der Waals surface area contributed by atoms with Gasteiger partial charge in [-0.25, -0.2) is 8.78 Å². The molecule has 0 aliphatic rings. The Morgan fingerprint density at radius 1 is 1.10 bits per heavy atom. The fourth-order valence-electron chi connectivity index (χ4n) is 1.84. The van der Waals surface area contributed by atoms with Gasteiger partial charge in [-0.2, -0.15) is 0 Å². The SMILES string of the molecule is COc1ccc(C)cc1C(=O)c1cc(F)c(F)cc1Cl. The predicted molar refractivity (Wildman–Crippen MR) is 72.5 cm³/mol. The van der Waals surface area contributed by atoms with Crippen LogP contribution in [-0.4, -0.2) is 12.9 Å². The Morgan fingerprint density at radius 3 is 2.40 bits per heavy atom. The molecular weight excluding hydrogens is 286 g/mol. The molecule has 2 aromatic carbocycles. The number of halogens is 3. The maximum atomic E-state index is 13.3. The van der Waals surface area contributed by atoms with Crippen LogP contribution in [0.2, 0.25) is 5.02 Å². The summed E-state index contributed by atoms with van der Waals surface area (Å²) in [4.78, 5) is 12.4. The molecule has 0 saturated carbocycles. The lowest BCUT2D eigenvalue weighted by atomic mass is 10.0. The molecule has 0 saturated heterocycles. The van der Waals surface area contributed by atoms with Crippen LogP contribution < -0.4 is 4.74 Å². The Hall–Kier alpha value is -1.94. The summed E-state index contributed by atoms with van der Waals surface area (Å²) in [6.07, 6.45) is 0. The highest BCUT2D eigenvalue weighted by atomic mass is 35.5. The van der Waals surface area contributed by atoms with Crippen molar-refractivity contribution in [3.05, 3.63) is 63.7 Å². The zero-order valence-electron chi connectivity index (χ0n) is 10.8. The van der Waals surface area contributed by atoms with Crippen LogP contribution in [0.1, 0.15) is 21.5 Å². The maximum Gasteiger partial charge on any atom is 0.198 e. The normalized spacial score (nSPS) is 10.4. The Balaban J connectivity index is 2.57. The summed E-state index contributed by atoms with van der Waals surface area (Å²) >= 11 is 5.81. The smallest absolute Gasteiger partial charge is 0.198 e. The number of carbonyl (C=O) groups excluding carboxylic acids is 1. The van der Waals surface area contributed by atoms with Crippen molar-refractivity contribution in [2.24, 2.45) is 0 Å². The third kappa shape index (κ3) is 2.65. The highest BCUT2D eigenvalue weighted by Gasteiger charge is 2.19. The number of hydrogen-bond acceptors (Lipinski definition) is 2. The molecule has 0 amide bonds. The topological polar surface area (TPSA) is 26.3 Å². The van der Waals surface area contributed by atoms with E-state index in [0.29, 0.717) is 5.75 Å². The standard InChI is InChI=1S/C15H11ClF2O2/c1-8-3-4-14(20-2)10(5-8)15(19)9-6-12(17)13(18)7-11(9)16/h3-7H,1-2H3. The van der Waals surface area contributed by atoms with Crippen molar-refractivity contribution >= 4 is 17.4 Å². The van der Waals surface area contributed by atoms with Crippen molar-refractivity contribution in [3.8, 4) is 5.75 Å². The molecule has 104 valence electrons. The van der Waals surface area contributed by atoms with E-state index in [1.54, 1.807) is 18.2 Å². The molecule has 0 N–H and O–H groups in total. The van der Waals surface area contributed by atoms with Crippen LogP contribution in [0.3, 0.4) is 0 Å². The molecule has 2 aromatic rings. The Bertz CT molecular complexity index is 684. The van der Waals surface area contributed by atoms with Crippen molar-refractivity contribution in [3.63, 3.8) is 0 Å². The van der Waals surface area contributed by atoms with Gasteiger partial charge in [-0.1, -0.05) is 23.2 Å². The molecule has 0 spiro atoms. The number of benzene rings is 2. The molecule has 2 rings (SSSR count). The van der Waals surface area contributed by atoms with Crippen LogP contribution in [-0.2, 0) is 0 Å². The lowest BCUT2D eigenvalue weighted by Crippen LogP contribution is -2.06. The van der Waals surface area contributed by atoms with Crippen molar-refractivity contribution in [2.75, 3.05) is 7.11 Å². The first-order valence-corrected chi connectivity index (χ1v) is 6.15. The average molecular weight is 297 g/mol. The van der Waals surface area contributed by atoms with Gasteiger partial charge in [0.2, 0.25) is 0 Å². The second-order valence-corrected chi connectivity index (χ2v) is 4.69. The van der Waals surface area contributed by atoms with Gasteiger partial charge in [0.25, 0.3) is 0 Å². The lowest BCUT2D eigenvalue weighted by molar-refractivity contribution is 0.103. The minimum absolute atomic E-state index is 0.102. The fourth-order valence-corrected chi connectivity index (χ4v) is 2.08. The molecule has 20 heavy (non-hydrogen) atoms. The van der Waals surface area contributed by atoms with E-state index in [-0.39, 0.29) is 16.1 Å². The van der Waals surface area contributed by atoms with Gasteiger partial charge in [0.05, 0.1) is 17.7 Å². The van der Waals surface area contributed by atoms with E-state index in [0.717, 1.165) is 17.7 Å². The summed E-state index contributed by atoms with van der Waals surface area (Å²) in [5, 5.41) is -0.141. The molecule has 0 aliphatic heterocycles. The summed E-state index contributed by atoms with van der Waals surface area (Å²) in [6, 6.07) is 6.60. The first-order valence-electron chi connectivity index (χ1n) is 5.78. The maximum absolute atomic E-state index is 13.3. The van der Waals surface area contributed by atoms with Gasteiger partial charge in [-0.15, -0.1) is 0 Å². The monoisotopic (exact) mass is 296 g/mol. The molecule has 0 bridgehead atoms. The summed E-state index contributed by atoms with van der Waals surface area (Å²) in [5.41, 5.74) is 0.989. The molecule has 5 heteroatoms. The number of methoxy groups -OCH3 is 1. The molecule has 0 heterocycles. The Morgan fingerprint density at radius 2 is 1.75 bits per heavy atom. The number of ether oxygens (including phenoxy) is 1. The zero-order chi connectivity index (χ0) is 14.9. The summed E-state index contributed by atoms with van der Waals surface area (Å²) < 4.78 is 31.4. The minimum Gasteiger partial charge on any atom is -0.496 e. The van der Waals surface area contributed by atoms with Gasteiger partial charge >= 0.3 is 0 Å². The van der Waals surface area contributed by atoms with Crippen molar-refractivity contribution in [2.45, 2.75) is 6.92 Å². The van der Waals surface area contributed by atoms with Crippen LogP contribution in [0.25, 0.3) is 0 Å². The van der Waals surface area contributed by atoms with Crippen molar-refractivity contribution in [1.29, 1.82) is 0 Å². The van der Waals surface area contributed by atoms with Crippen LogP contribution in [0.5, 0.6) is 5.75 Å². The molecule has 0 fully saturated rings. The predicted octanol–water partition coefficient (Wildman–Crippen LogP) is 4.17. The van der Waals surface area contributed by atoms with Gasteiger partial charge in [0, 0.05) is 5.56 Å². The first-order chi connectivity index (χ1) is 9.43. The number of hydrogen-bond donors (Lipinski definition) is 0. The first kappa shape index (κ1) is 14.5. The van der Waals surface area contributed by atoms with E-state index in [1.165, 1.54) is 7.11 Å². The van der Waals surface area contributed by atoms with Crippen LogP contribution in [0, 0.1) is 18.6 Å². The summed E-state index contributed by atoms with van der Waals surface area (Å²) in [5.74, 6) is -2.39. The van der Waals surface area contributed by atoms with Gasteiger partial charge in [0.15, 0.2) is 17.4 Å². The third-order valence-corrected chi connectivity index (χ3v) is 3.17. The average Bonchev–Trinajstić information content (AvgIpc) is 2.42. The number of carbonyl (C=O) groups is 1. The molecule has 0 aromatic heterocycles. The molecule has 0 atom stereocenters. The van der Waals surface area contributed by atoms with E-state index in [2.05, 4.69) is 0 Å². The van der Waals surface area contributed by atoms with Crippen LogP contribution in [0.4, 0.5) is 8.78 Å². The highest BCUT2D eigenvalue weighted by Crippen LogP contribution is 2.27. The fraction of sp³-hybridized carbons (Fsp3) is 0.133. The molecular formula is C15H11ClF2O2.